The highest BCUT2D eigenvalue weighted by atomic mass is 16.7. The Hall–Kier alpha value is -0.810. The maximum absolute atomic E-state index is 11.1. The third-order valence-electron chi connectivity index (χ3n) is 2.03. The van der Waals surface area contributed by atoms with E-state index in [1.807, 2.05) is 0 Å². The van der Waals surface area contributed by atoms with Crippen molar-refractivity contribution in [2.45, 2.75) is 18.8 Å². The van der Waals surface area contributed by atoms with Gasteiger partial charge in [0, 0.05) is 20.1 Å². The van der Waals surface area contributed by atoms with E-state index in [9.17, 15) is 9.90 Å². The number of carbonyl (C=O) groups is 1. The molecule has 1 N–H and O–H groups in total. The van der Waals surface area contributed by atoms with Gasteiger partial charge < -0.3 is 14.6 Å². The second-order valence-corrected chi connectivity index (χ2v) is 2.67. The van der Waals surface area contributed by atoms with Gasteiger partial charge in [0.05, 0.1) is 7.11 Å². The minimum atomic E-state index is -1.47. The third kappa shape index (κ3) is 1.37. The van der Waals surface area contributed by atoms with Gasteiger partial charge in [-0.2, -0.15) is 0 Å². The van der Waals surface area contributed by atoms with Gasteiger partial charge in [-0.05, 0) is 6.42 Å². The van der Waals surface area contributed by atoms with E-state index in [-0.39, 0.29) is 0 Å². The van der Waals surface area contributed by atoms with Gasteiger partial charge in [-0.25, -0.2) is 4.79 Å². The van der Waals surface area contributed by atoms with Gasteiger partial charge in [0.15, 0.2) is 0 Å². The lowest BCUT2D eigenvalue weighted by atomic mass is 10.3. The molecule has 0 saturated carbocycles. The van der Waals surface area contributed by atoms with Crippen LogP contribution in [-0.2, 0) is 9.47 Å². The number of carbonyl (C=O) groups excluding carboxylic acids is 1. The van der Waals surface area contributed by atoms with Crippen molar-refractivity contribution in [2.75, 3.05) is 20.8 Å². The molecule has 1 aliphatic heterocycles. The van der Waals surface area contributed by atoms with Crippen molar-refractivity contribution in [3.8, 4) is 0 Å². The smallest absolute Gasteiger partial charge is 0.413 e. The summed E-state index contributed by atoms with van der Waals surface area (Å²) in [7, 11) is 2.64. The van der Waals surface area contributed by atoms with Gasteiger partial charge >= 0.3 is 6.09 Å². The third-order valence-corrected chi connectivity index (χ3v) is 2.03. The van der Waals surface area contributed by atoms with Gasteiger partial charge in [-0.3, -0.25) is 4.90 Å². The molecule has 0 aliphatic carbocycles. The Morgan fingerprint density at radius 2 is 2.25 bits per heavy atom. The molecule has 5 nitrogen and oxygen atoms in total. The van der Waals surface area contributed by atoms with Gasteiger partial charge in [0.25, 0.3) is 5.91 Å². The number of hydrogen-bond donors (Lipinski definition) is 1. The van der Waals surface area contributed by atoms with Crippen molar-refractivity contribution in [1.82, 2.24) is 4.90 Å². The van der Waals surface area contributed by atoms with Gasteiger partial charge in [0.1, 0.15) is 0 Å². The predicted molar refractivity (Wildman–Crippen MR) is 40.3 cm³/mol. The van der Waals surface area contributed by atoms with E-state index in [4.69, 9.17) is 4.74 Å². The van der Waals surface area contributed by atoms with E-state index in [0.29, 0.717) is 13.0 Å². The molecule has 1 unspecified atom stereocenters. The topological polar surface area (TPSA) is 59.0 Å². The van der Waals surface area contributed by atoms with E-state index in [1.54, 1.807) is 0 Å². The molecule has 5 heteroatoms. The zero-order valence-corrected chi connectivity index (χ0v) is 7.24. The molecule has 0 aromatic carbocycles. The van der Waals surface area contributed by atoms with Crippen LogP contribution in [0.1, 0.15) is 12.8 Å². The summed E-state index contributed by atoms with van der Waals surface area (Å²) in [6.07, 6.45) is 0.592. The normalized spacial score (nSPS) is 29.1. The fraction of sp³-hybridized carbons (Fsp3) is 0.857. The summed E-state index contributed by atoms with van der Waals surface area (Å²) in [5.74, 6) is -1.47. The summed E-state index contributed by atoms with van der Waals surface area (Å²) in [4.78, 5) is 12.2. The summed E-state index contributed by atoms with van der Waals surface area (Å²) >= 11 is 0. The van der Waals surface area contributed by atoms with E-state index >= 15 is 0 Å². The van der Waals surface area contributed by atoms with Crippen LogP contribution in [0.5, 0.6) is 0 Å². The van der Waals surface area contributed by atoms with Crippen molar-refractivity contribution >= 4 is 6.09 Å². The van der Waals surface area contributed by atoms with Crippen molar-refractivity contribution in [3.63, 3.8) is 0 Å². The zero-order valence-electron chi connectivity index (χ0n) is 7.24. The Morgan fingerprint density at radius 1 is 1.58 bits per heavy atom. The first-order chi connectivity index (χ1) is 5.64. The minimum absolute atomic E-state index is 0.429. The molecule has 70 valence electrons. The number of aliphatic hydroxyl groups is 1. The molecule has 1 aliphatic rings. The number of hydrogen-bond acceptors (Lipinski definition) is 4. The molecule has 0 aromatic heterocycles. The maximum atomic E-state index is 11.1. The SMILES string of the molecule is COC(=O)N1CCCC1(O)OC. The number of rotatable bonds is 1. The van der Waals surface area contributed by atoms with Crippen molar-refractivity contribution in [3.05, 3.63) is 0 Å². The zero-order chi connectivity index (χ0) is 9.19. The van der Waals surface area contributed by atoms with Crippen molar-refractivity contribution in [2.24, 2.45) is 0 Å². The lowest BCUT2D eigenvalue weighted by Crippen LogP contribution is -2.48. The van der Waals surface area contributed by atoms with Crippen LogP contribution >= 0.6 is 0 Å². The maximum Gasteiger partial charge on any atom is 0.413 e. The lowest BCUT2D eigenvalue weighted by Gasteiger charge is -2.30. The first-order valence-electron chi connectivity index (χ1n) is 3.77. The highest BCUT2D eigenvalue weighted by Gasteiger charge is 2.43. The Morgan fingerprint density at radius 3 is 2.75 bits per heavy atom. The van der Waals surface area contributed by atoms with E-state index < -0.39 is 12.0 Å². The van der Waals surface area contributed by atoms with E-state index in [2.05, 4.69) is 4.74 Å². The molecule has 0 spiro atoms. The Balaban J connectivity index is 2.69. The Kier molecular flexibility index (Phi) is 2.54. The predicted octanol–water partition coefficient (Wildman–Crippen LogP) is 0.141. The van der Waals surface area contributed by atoms with Gasteiger partial charge in [0.2, 0.25) is 0 Å². The van der Waals surface area contributed by atoms with Crippen LogP contribution in [0, 0.1) is 0 Å². The van der Waals surface area contributed by atoms with Gasteiger partial charge in [-0.1, -0.05) is 0 Å². The molecule has 1 saturated heterocycles. The summed E-state index contributed by atoms with van der Waals surface area (Å²) in [6.45, 7) is 0.469. The van der Waals surface area contributed by atoms with Crippen LogP contribution < -0.4 is 0 Å². The van der Waals surface area contributed by atoms with E-state index in [1.165, 1.54) is 19.1 Å². The number of nitrogens with zero attached hydrogens (tertiary/aromatic N) is 1. The lowest BCUT2D eigenvalue weighted by molar-refractivity contribution is -0.249. The standard InChI is InChI=1S/C7H13NO4/c1-11-6(9)8-5-3-4-7(8,10)12-2/h10H,3-5H2,1-2H3. The average molecular weight is 175 g/mol. The molecule has 0 aromatic rings. The molecule has 1 rings (SSSR count). The van der Waals surface area contributed by atoms with Crippen LogP contribution in [0.25, 0.3) is 0 Å². The van der Waals surface area contributed by atoms with Crippen LogP contribution in [0.15, 0.2) is 0 Å². The summed E-state index contributed by atoms with van der Waals surface area (Å²) in [6, 6.07) is 0. The Labute approximate surface area is 70.9 Å². The van der Waals surface area contributed by atoms with Crippen LogP contribution in [-0.4, -0.2) is 42.8 Å². The summed E-state index contributed by atoms with van der Waals surface area (Å²) in [5, 5.41) is 9.66. The minimum Gasteiger partial charge on any atom is -0.453 e. The largest absolute Gasteiger partial charge is 0.453 e. The van der Waals surface area contributed by atoms with Crippen LogP contribution in [0.4, 0.5) is 4.79 Å². The first-order valence-corrected chi connectivity index (χ1v) is 3.77. The highest BCUT2D eigenvalue weighted by Crippen LogP contribution is 2.27. The van der Waals surface area contributed by atoms with Crippen LogP contribution in [0.2, 0.25) is 0 Å². The fourth-order valence-corrected chi connectivity index (χ4v) is 1.33. The Bertz CT molecular complexity index is 184. The quantitative estimate of drug-likeness (QED) is 0.576. The number of amides is 1. The molecule has 1 fully saturated rings. The highest BCUT2D eigenvalue weighted by molar-refractivity contribution is 5.68. The molecule has 1 atom stereocenters. The molecule has 0 bridgehead atoms. The monoisotopic (exact) mass is 175 g/mol. The molecular weight excluding hydrogens is 162 g/mol. The summed E-state index contributed by atoms with van der Waals surface area (Å²) < 4.78 is 9.29. The second kappa shape index (κ2) is 3.28. The summed E-state index contributed by atoms with van der Waals surface area (Å²) in [5.41, 5.74) is 0. The fourth-order valence-electron chi connectivity index (χ4n) is 1.33. The number of ether oxygens (including phenoxy) is 2. The number of likely N-dealkylation sites (tertiary alicyclic amines) is 1. The van der Waals surface area contributed by atoms with Crippen LogP contribution in [0.3, 0.4) is 0 Å². The van der Waals surface area contributed by atoms with Gasteiger partial charge in [-0.15, -0.1) is 0 Å². The molecule has 12 heavy (non-hydrogen) atoms. The van der Waals surface area contributed by atoms with E-state index in [0.717, 1.165) is 6.42 Å². The number of methoxy groups -OCH3 is 2. The first kappa shape index (κ1) is 9.28. The molecular formula is C7H13NO4. The molecule has 0 radical (unpaired) electrons. The van der Waals surface area contributed by atoms with Crippen molar-refractivity contribution in [1.29, 1.82) is 0 Å². The molecule has 1 heterocycles. The second-order valence-electron chi connectivity index (χ2n) is 2.67. The van der Waals surface area contributed by atoms with Crippen molar-refractivity contribution < 1.29 is 19.4 Å². The molecule has 1 amide bonds. The average Bonchev–Trinajstić information content (AvgIpc) is 2.47.